The molecule has 1 saturated carbocycles. The Bertz CT molecular complexity index is 1510. The molecule has 2 N–H and O–H groups in total. The van der Waals surface area contributed by atoms with E-state index < -0.39 is 5.66 Å². The zero-order chi connectivity index (χ0) is 32.2. The number of hydrogen-bond acceptors (Lipinski definition) is 6. The number of rotatable bonds is 9. The number of nitrogens with zero attached hydrogens (tertiary/aromatic N) is 5. The maximum Gasteiger partial charge on any atom is 0.274 e. The summed E-state index contributed by atoms with van der Waals surface area (Å²) in [5.41, 5.74) is 2.82. The Morgan fingerprint density at radius 2 is 1.71 bits per heavy atom. The standard InChI is InChI=1S/C36H47N7O2/c1-34(2,3)21-20-30(26-13-15-27(16-14-26)32(44)37-24-31-39-41-42-40-31)43-33(45)29(17-12-25-10-8-7-9-11-25)38-36(43)22-18-28(19-23-36)35(4,5)6/h7-17,28,30H,18-24H2,1-6H3,(H,37,44)(H,39,40,41,42)/t28?,30-,36?/m1/s1. The van der Waals surface area contributed by atoms with Gasteiger partial charge in [0.2, 0.25) is 0 Å². The van der Waals surface area contributed by atoms with Gasteiger partial charge in [-0.2, -0.15) is 5.21 Å². The number of hydrogen-bond donors (Lipinski definition) is 2. The Labute approximate surface area is 267 Å². The smallest absolute Gasteiger partial charge is 0.274 e. The Kier molecular flexibility index (Phi) is 9.37. The Balaban J connectivity index is 1.46. The molecule has 0 saturated heterocycles. The van der Waals surface area contributed by atoms with Gasteiger partial charge >= 0.3 is 0 Å². The molecule has 1 aromatic heterocycles. The summed E-state index contributed by atoms with van der Waals surface area (Å²) in [6.45, 7) is 13.8. The first-order chi connectivity index (χ1) is 21.3. The van der Waals surface area contributed by atoms with Crippen LogP contribution in [0.1, 0.15) is 113 Å². The van der Waals surface area contributed by atoms with Crippen molar-refractivity contribution in [2.45, 2.75) is 98.3 Å². The average molecular weight is 610 g/mol. The molecule has 5 rings (SSSR count). The van der Waals surface area contributed by atoms with E-state index in [4.69, 9.17) is 4.99 Å². The first-order valence-corrected chi connectivity index (χ1v) is 16.1. The highest BCUT2D eigenvalue weighted by Crippen LogP contribution is 2.50. The highest BCUT2D eigenvalue weighted by atomic mass is 16.2. The lowest BCUT2D eigenvalue weighted by Gasteiger charge is -2.47. The zero-order valence-electron chi connectivity index (χ0n) is 27.5. The van der Waals surface area contributed by atoms with Crippen LogP contribution in [0.15, 0.2) is 65.7 Å². The van der Waals surface area contributed by atoms with Crippen molar-refractivity contribution < 1.29 is 9.59 Å². The van der Waals surface area contributed by atoms with Crippen molar-refractivity contribution in [1.29, 1.82) is 0 Å². The van der Waals surface area contributed by atoms with Gasteiger partial charge < -0.3 is 10.2 Å². The quantitative estimate of drug-likeness (QED) is 0.273. The number of aromatic nitrogens is 4. The molecule has 45 heavy (non-hydrogen) atoms. The number of tetrazole rings is 1. The van der Waals surface area contributed by atoms with E-state index in [2.05, 4.69) is 72.4 Å². The summed E-state index contributed by atoms with van der Waals surface area (Å²) in [6.07, 6.45) is 9.35. The van der Waals surface area contributed by atoms with Crippen LogP contribution < -0.4 is 5.32 Å². The second-order valence-corrected chi connectivity index (χ2v) is 14.8. The third kappa shape index (κ3) is 7.75. The van der Waals surface area contributed by atoms with Gasteiger partial charge in [0.1, 0.15) is 11.4 Å². The van der Waals surface area contributed by atoms with E-state index in [1.807, 2.05) is 66.7 Å². The molecule has 2 aromatic carbocycles. The van der Waals surface area contributed by atoms with Crippen LogP contribution in [-0.4, -0.2) is 48.7 Å². The molecule has 1 aliphatic carbocycles. The van der Waals surface area contributed by atoms with Crippen molar-refractivity contribution in [1.82, 2.24) is 30.8 Å². The van der Waals surface area contributed by atoms with Crippen LogP contribution >= 0.6 is 0 Å². The normalized spacial score (nSPS) is 21.4. The monoisotopic (exact) mass is 609 g/mol. The maximum atomic E-state index is 14.5. The predicted octanol–water partition coefficient (Wildman–Crippen LogP) is 6.93. The molecule has 1 aliphatic heterocycles. The van der Waals surface area contributed by atoms with E-state index in [9.17, 15) is 9.59 Å². The molecule has 1 fully saturated rings. The number of aromatic amines is 1. The number of H-pyrrole nitrogens is 1. The fourth-order valence-corrected chi connectivity index (χ4v) is 6.61. The van der Waals surface area contributed by atoms with Crippen LogP contribution in [-0.2, 0) is 11.3 Å². The summed E-state index contributed by atoms with van der Waals surface area (Å²) in [5.74, 6) is 0.761. The van der Waals surface area contributed by atoms with Gasteiger partial charge in [0, 0.05) is 5.56 Å². The molecule has 9 nitrogen and oxygen atoms in total. The number of benzene rings is 2. The highest BCUT2D eigenvalue weighted by Gasteiger charge is 2.52. The van der Waals surface area contributed by atoms with Crippen molar-refractivity contribution in [2.24, 2.45) is 21.7 Å². The summed E-state index contributed by atoms with van der Waals surface area (Å²) in [6, 6.07) is 17.5. The van der Waals surface area contributed by atoms with Crippen molar-refractivity contribution >= 4 is 23.6 Å². The molecular weight excluding hydrogens is 562 g/mol. The fraction of sp³-hybridized carbons (Fsp3) is 0.500. The molecule has 0 unspecified atom stereocenters. The summed E-state index contributed by atoms with van der Waals surface area (Å²) in [4.78, 5) is 34.7. The zero-order valence-corrected chi connectivity index (χ0v) is 27.5. The maximum absolute atomic E-state index is 14.5. The van der Waals surface area contributed by atoms with Crippen molar-refractivity contribution in [3.05, 3.63) is 83.2 Å². The summed E-state index contributed by atoms with van der Waals surface area (Å²) in [7, 11) is 0. The fourth-order valence-electron chi connectivity index (χ4n) is 6.61. The number of aliphatic imine (C=N–C) groups is 1. The van der Waals surface area contributed by atoms with Gasteiger partial charge in [-0.3, -0.25) is 14.6 Å². The van der Waals surface area contributed by atoms with Gasteiger partial charge in [-0.1, -0.05) is 95.3 Å². The molecule has 2 amide bonds. The molecule has 2 aliphatic rings. The number of amides is 2. The van der Waals surface area contributed by atoms with Crippen LogP contribution in [0.2, 0.25) is 0 Å². The minimum Gasteiger partial charge on any atom is -0.345 e. The van der Waals surface area contributed by atoms with Crippen LogP contribution in [0.5, 0.6) is 0 Å². The Morgan fingerprint density at radius 3 is 2.31 bits per heavy atom. The molecule has 1 atom stereocenters. The molecule has 2 heterocycles. The SMILES string of the molecule is CC(C)(C)CC[C@H](c1ccc(C(=O)NCc2nn[nH]n2)cc1)N1C(=O)C(C=Cc2ccccc2)=NC12CCC(C(C)(C)C)CC2. The minimum absolute atomic E-state index is 0.0165. The van der Waals surface area contributed by atoms with E-state index in [1.54, 1.807) is 0 Å². The van der Waals surface area contributed by atoms with Gasteiger partial charge in [0.05, 0.1) is 12.6 Å². The highest BCUT2D eigenvalue weighted by molar-refractivity contribution is 6.45. The van der Waals surface area contributed by atoms with E-state index in [0.717, 1.165) is 49.7 Å². The summed E-state index contributed by atoms with van der Waals surface area (Å²) in [5, 5.41) is 16.5. The van der Waals surface area contributed by atoms with Gasteiger partial charge in [-0.15, -0.1) is 10.2 Å². The van der Waals surface area contributed by atoms with E-state index in [0.29, 0.717) is 23.0 Å². The summed E-state index contributed by atoms with van der Waals surface area (Å²) < 4.78 is 0. The molecule has 3 aromatic rings. The van der Waals surface area contributed by atoms with E-state index in [1.165, 1.54) is 0 Å². The molecular formula is C36H47N7O2. The lowest BCUT2D eigenvalue weighted by molar-refractivity contribution is -0.134. The van der Waals surface area contributed by atoms with Crippen LogP contribution in [0.3, 0.4) is 0 Å². The summed E-state index contributed by atoms with van der Waals surface area (Å²) >= 11 is 0. The largest absolute Gasteiger partial charge is 0.345 e. The first kappa shape index (κ1) is 32.3. The lowest BCUT2D eigenvalue weighted by atomic mass is 9.69. The second-order valence-electron chi connectivity index (χ2n) is 14.8. The van der Waals surface area contributed by atoms with Crippen molar-refractivity contribution in [2.75, 3.05) is 0 Å². The van der Waals surface area contributed by atoms with Gasteiger partial charge in [0.15, 0.2) is 5.82 Å². The van der Waals surface area contributed by atoms with E-state index in [-0.39, 0.29) is 35.2 Å². The number of nitrogens with one attached hydrogen (secondary N) is 2. The topological polar surface area (TPSA) is 116 Å². The Hall–Kier alpha value is -4.14. The molecule has 238 valence electrons. The first-order valence-electron chi connectivity index (χ1n) is 16.1. The van der Waals surface area contributed by atoms with Gasteiger partial charge in [0.25, 0.3) is 11.8 Å². The second kappa shape index (κ2) is 13.1. The van der Waals surface area contributed by atoms with Crippen LogP contribution in [0.4, 0.5) is 0 Å². The minimum atomic E-state index is -0.585. The van der Waals surface area contributed by atoms with Crippen LogP contribution in [0.25, 0.3) is 6.08 Å². The number of carbonyl (C=O) groups excluding carboxylic acids is 2. The third-order valence-corrected chi connectivity index (χ3v) is 9.29. The predicted molar refractivity (Wildman–Crippen MR) is 177 cm³/mol. The lowest BCUT2D eigenvalue weighted by Crippen LogP contribution is -2.51. The van der Waals surface area contributed by atoms with Crippen LogP contribution in [0, 0.1) is 16.7 Å². The van der Waals surface area contributed by atoms with Crippen molar-refractivity contribution in [3.63, 3.8) is 0 Å². The molecule has 9 heteroatoms. The molecule has 0 radical (unpaired) electrons. The number of carbonyl (C=O) groups is 2. The van der Waals surface area contributed by atoms with Crippen molar-refractivity contribution in [3.8, 4) is 0 Å². The molecule has 1 spiro atoms. The molecule has 0 bridgehead atoms. The Morgan fingerprint density at radius 1 is 1.02 bits per heavy atom. The third-order valence-electron chi connectivity index (χ3n) is 9.29. The van der Waals surface area contributed by atoms with Gasteiger partial charge in [-0.05, 0) is 84.6 Å². The van der Waals surface area contributed by atoms with Gasteiger partial charge in [-0.25, -0.2) is 0 Å². The van der Waals surface area contributed by atoms with E-state index >= 15 is 0 Å². The average Bonchev–Trinajstić information content (AvgIpc) is 3.62.